The van der Waals surface area contributed by atoms with Crippen molar-refractivity contribution in [1.82, 2.24) is 5.32 Å². The number of ether oxygens (including phenoxy) is 1. The van der Waals surface area contributed by atoms with Crippen molar-refractivity contribution in [2.45, 2.75) is 25.2 Å². The fourth-order valence-corrected chi connectivity index (χ4v) is 3.24. The lowest BCUT2D eigenvalue weighted by atomic mass is 10.0. The SMILES string of the molecule is O=C(NC1CCN(c2ccc(OC(F)(F)F)cc2)CC1)c1ccc(O)c(Cl)c1. The first-order valence-electron chi connectivity index (χ1n) is 8.61. The van der Waals surface area contributed by atoms with Gasteiger partial charge in [0.05, 0.1) is 5.02 Å². The third-order valence-electron chi connectivity index (χ3n) is 4.48. The third kappa shape index (κ3) is 5.22. The van der Waals surface area contributed by atoms with Gasteiger partial charge in [-0.2, -0.15) is 0 Å². The zero-order valence-electron chi connectivity index (χ0n) is 14.7. The summed E-state index contributed by atoms with van der Waals surface area (Å²) in [6, 6.07) is 9.98. The van der Waals surface area contributed by atoms with Crippen molar-refractivity contribution in [3.05, 3.63) is 53.1 Å². The van der Waals surface area contributed by atoms with Gasteiger partial charge in [-0.1, -0.05) is 11.6 Å². The zero-order chi connectivity index (χ0) is 20.3. The first-order valence-corrected chi connectivity index (χ1v) is 8.99. The summed E-state index contributed by atoms with van der Waals surface area (Å²) in [6.07, 6.45) is -3.32. The van der Waals surface area contributed by atoms with E-state index in [1.807, 2.05) is 4.90 Å². The quantitative estimate of drug-likeness (QED) is 0.781. The second-order valence-electron chi connectivity index (χ2n) is 6.44. The number of phenolic OH excluding ortho intramolecular Hbond substituents is 1. The molecule has 9 heteroatoms. The molecular weight excluding hydrogens is 397 g/mol. The Labute approximate surface area is 164 Å². The maximum Gasteiger partial charge on any atom is 0.573 e. The Kier molecular flexibility index (Phi) is 5.88. The minimum absolute atomic E-state index is 0.0239. The molecule has 0 saturated carbocycles. The monoisotopic (exact) mass is 414 g/mol. The topological polar surface area (TPSA) is 61.8 Å². The van der Waals surface area contributed by atoms with E-state index in [4.69, 9.17) is 11.6 Å². The lowest BCUT2D eigenvalue weighted by molar-refractivity contribution is -0.274. The Balaban J connectivity index is 1.52. The van der Waals surface area contributed by atoms with Crippen molar-refractivity contribution in [2.75, 3.05) is 18.0 Å². The molecule has 5 nitrogen and oxygen atoms in total. The number of hydrogen-bond acceptors (Lipinski definition) is 4. The van der Waals surface area contributed by atoms with Gasteiger partial charge in [-0.3, -0.25) is 4.79 Å². The normalized spacial score (nSPS) is 15.4. The number of carbonyl (C=O) groups is 1. The number of piperidine rings is 1. The highest BCUT2D eigenvalue weighted by molar-refractivity contribution is 6.32. The molecule has 28 heavy (non-hydrogen) atoms. The highest BCUT2D eigenvalue weighted by atomic mass is 35.5. The molecule has 1 heterocycles. The highest BCUT2D eigenvalue weighted by Gasteiger charge is 2.31. The van der Waals surface area contributed by atoms with E-state index < -0.39 is 6.36 Å². The number of hydrogen-bond donors (Lipinski definition) is 2. The molecule has 1 saturated heterocycles. The largest absolute Gasteiger partial charge is 0.573 e. The fraction of sp³-hybridized carbons (Fsp3) is 0.316. The first-order chi connectivity index (χ1) is 13.2. The van der Waals surface area contributed by atoms with Crippen molar-refractivity contribution in [2.24, 2.45) is 0 Å². The molecule has 150 valence electrons. The molecule has 0 atom stereocenters. The van der Waals surface area contributed by atoms with Gasteiger partial charge in [-0.05, 0) is 55.3 Å². The van der Waals surface area contributed by atoms with E-state index in [0.29, 0.717) is 31.5 Å². The lowest BCUT2D eigenvalue weighted by Gasteiger charge is -2.34. The van der Waals surface area contributed by atoms with Crippen LogP contribution in [-0.4, -0.2) is 36.5 Å². The maximum absolute atomic E-state index is 12.3. The van der Waals surface area contributed by atoms with Crippen molar-refractivity contribution >= 4 is 23.2 Å². The Bertz CT molecular complexity index is 835. The van der Waals surface area contributed by atoms with Crippen molar-refractivity contribution in [3.63, 3.8) is 0 Å². The van der Waals surface area contributed by atoms with Crippen LogP contribution < -0.4 is 15.0 Å². The standard InChI is InChI=1S/C19H18ClF3N2O3/c20-16-11-12(1-6-17(16)26)18(27)24-13-7-9-25(10-8-13)14-2-4-15(5-3-14)28-19(21,22)23/h1-6,11,13,26H,7-10H2,(H,24,27). The number of aromatic hydroxyl groups is 1. The van der Waals surface area contributed by atoms with E-state index >= 15 is 0 Å². The molecule has 2 aromatic rings. The number of alkyl halides is 3. The van der Waals surface area contributed by atoms with Gasteiger partial charge in [0.25, 0.3) is 5.91 Å². The van der Waals surface area contributed by atoms with Crippen LogP contribution in [0.1, 0.15) is 23.2 Å². The second-order valence-corrected chi connectivity index (χ2v) is 6.85. The van der Waals surface area contributed by atoms with Gasteiger partial charge in [-0.25, -0.2) is 0 Å². The molecule has 3 rings (SSSR count). The summed E-state index contributed by atoms with van der Waals surface area (Å²) in [7, 11) is 0. The van der Waals surface area contributed by atoms with Crippen molar-refractivity contribution < 1.29 is 27.8 Å². The Morgan fingerprint density at radius 2 is 1.79 bits per heavy atom. The summed E-state index contributed by atoms with van der Waals surface area (Å²) in [4.78, 5) is 14.3. The molecule has 0 bridgehead atoms. The van der Waals surface area contributed by atoms with Crippen LogP contribution in [0.5, 0.6) is 11.5 Å². The van der Waals surface area contributed by atoms with Crippen LogP contribution in [0.25, 0.3) is 0 Å². The number of anilines is 1. The Morgan fingerprint density at radius 1 is 1.14 bits per heavy atom. The molecule has 1 aliphatic rings. The molecule has 2 aromatic carbocycles. The summed E-state index contributed by atoms with van der Waals surface area (Å²) in [5.41, 5.74) is 1.16. The minimum Gasteiger partial charge on any atom is -0.506 e. The van der Waals surface area contributed by atoms with Crippen LogP contribution in [0.2, 0.25) is 5.02 Å². The number of halogens is 4. The number of nitrogens with zero attached hydrogens (tertiary/aromatic N) is 1. The smallest absolute Gasteiger partial charge is 0.506 e. The van der Waals surface area contributed by atoms with E-state index in [1.165, 1.54) is 30.3 Å². The molecule has 1 fully saturated rings. The first kappa shape index (κ1) is 20.1. The predicted molar refractivity (Wildman–Crippen MR) is 98.9 cm³/mol. The minimum atomic E-state index is -4.71. The molecule has 0 unspecified atom stereocenters. The van der Waals surface area contributed by atoms with Gasteiger partial charge < -0.3 is 20.1 Å². The van der Waals surface area contributed by atoms with Gasteiger partial charge >= 0.3 is 6.36 Å². The average molecular weight is 415 g/mol. The van der Waals surface area contributed by atoms with Gasteiger partial charge in [0, 0.05) is 30.4 Å². The summed E-state index contributed by atoms with van der Waals surface area (Å²) in [5.74, 6) is -0.613. The van der Waals surface area contributed by atoms with Gasteiger partial charge in [0.2, 0.25) is 0 Å². The molecule has 0 aliphatic carbocycles. The molecule has 0 radical (unpaired) electrons. The fourth-order valence-electron chi connectivity index (χ4n) is 3.06. The van der Waals surface area contributed by atoms with Gasteiger partial charge in [-0.15, -0.1) is 13.2 Å². The Hall–Kier alpha value is -2.61. The van der Waals surface area contributed by atoms with Crippen molar-refractivity contribution in [3.8, 4) is 11.5 Å². The van der Waals surface area contributed by atoms with E-state index in [2.05, 4.69) is 10.1 Å². The molecule has 1 aliphatic heterocycles. The molecule has 2 N–H and O–H groups in total. The number of nitrogens with one attached hydrogen (secondary N) is 1. The summed E-state index contributed by atoms with van der Waals surface area (Å²) in [5, 5.41) is 12.5. The van der Waals surface area contributed by atoms with Crippen molar-refractivity contribution in [1.29, 1.82) is 0 Å². The van der Waals surface area contributed by atoms with Crippen LogP contribution in [0.3, 0.4) is 0 Å². The molecule has 0 aromatic heterocycles. The maximum atomic E-state index is 12.3. The van der Waals surface area contributed by atoms with Crippen LogP contribution in [0.4, 0.5) is 18.9 Å². The average Bonchev–Trinajstić information content (AvgIpc) is 2.64. The van der Waals surface area contributed by atoms with Crippen LogP contribution in [-0.2, 0) is 0 Å². The number of phenols is 1. The van der Waals surface area contributed by atoms with E-state index in [9.17, 15) is 23.1 Å². The second kappa shape index (κ2) is 8.18. The number of rotatable bonds is 4. The molecule has 0 spiro atoms. The summed E-state index contributed by atoms with van der Waals surface area (Å²) in [6.45, 7) is 1.31. The van der Waals surface area contributed by atoms with E-state index in [0.717, 1.165) is 5.69 Å². The zero-order valence-corrected chi connectivity index (χ0v) is 15.4. The Morgan fingerprint density at radius 3 is 2.36 bits per heavy atom. The van der Waals surface area contributed by atoms with Gasteiger partial charge in [0.1, 0.15) is 11.5 Å². The summed E-state index contributed by atoms with van der Waals surface area (Å²) >= 11 is 5.83. The number of amides is 1. The number of carbonyl (C=O) groups excluding carboxylic acids is 1. The number of benzene rings is 2. The van der Waals surface area contributed by atoms with E-state index in [-0.39, 0.29) is 28.5 Å². The van der Waals surface area contributed by atoms with E-state index in [1.54, 1.807) is 12.1 Å². The van der Waals surface area contributed by atoms with Crippen LogP contribution >= 0.6 is 11.6 Å². The third-order valence-corrected chi connectivity index (χ3v) is 4.78. The van der Waals surface area contributed by atoms with Crippen LogP contribution in [0, 0.1) is 0 Å². The van der Waals surface area contributed by atoms with Crippen LogP contribution in [0.15, 0.2) is 42.5 Å². The lowest BCUT2D eigenvalue weighted by Crippen LogP contribution is -2.44. The molecule has 1 amide bonds. The van der Waals surface area contributed by atoms with Gasteiger partial charge in [0.15, 0.2) is 0 Å². The molecular formula is C19H18ClF3N2O3. The highest BCUT2D eigenvalue weighted by Crippen LogP contribution is 2.27. The predicted octanol–water partition coefficient (Wildman–Crippen LogP) is 4.34. The summed E-state index contributed by atoms with van der Waals surface area (Å²) < 4.78 is 40.5.